The van der Waals surface area contributed by atoms with Gasteiger partial charge in [-0.1, -0.05) is 0 Å². The van der Waals surface area contributed by atoms with Crippen molar-refractivity contribution in [2.75, 3.05) is 11.9 Å². The molecule has 1 saturated heterocycles. The van der Waals surface area contributed by atoms with Gasteiger partial charge in [0.1, 0.15) is 5.82 Å². The summed E-state index contributed by atoms with van der Waals surface area (Å²) in [5.74, 6) is 0.664. The fourth-order valence-corrected chi connectivity index (χ4v) is 3.90. The molecule has 1 aliphatic rings. The summed E-state index contributed by atoms with van der Waals surface area (Å²) in [6.07, 6.45) is 3.94. The molecule has 30 heavy (non-hydrogen) atoms. The molecule has 5 rings (SSSR count). The Bertz CT molecular complexity index is 1240. The van der Waals surface area contributed by atoms with Crippen molar-refractivity contribution in [1.29, 1.82) is 0 Å². The highest BCUT2D eigenvalue weighted by Crippen LogP contribution is 2.26. The smallest absolute Gasteiger partial charge is 0.255 e. The first-order chi connectivity index (χ1) is 14.6. The summed E-state index contributed by atoms with van der Waals surface area (Å²) in [5.41, 5.74) is 4.29. The lowest BCUT2D eigenvalue weighted by Gasteiger charge is -2.13. The number of aromatic nitrogens is 5. The third-order valence-corrected chi connectivity index (χ3v) is 5.49. The third-order valence-electron chi connectivity index (χ3n) is 5.49. The quantitative estimate of drug-likeness (QED) is 0.562. The van der Waals surface area contributed by atoms with Crippen LogP contribution in [0.4, 0.5) is 5.69 Å². The van der Waals surface area contributed by atoms with E-state index >= 15 is 0 Å². The number of benzene rings is 1. The summed E-state index contributed by atoms with van der Waals surface area (Å²) in [7, 11) is 0. The van der Waals surface area contributed by atoms with Gasteiger partial charge in [0.15, 0.2) is 0 Å². The number of hydrogen-bond donors (Lipinski definition) is 1. The Hall–Kier alpha value is -3.39. The van der Waals surface area contributed by atoms with Crippen LogP contribution in [0.15, 0.2) is 36.5 Å². The number of nitrogens with zero attached hydrogens (tertiary/aromatic N) is 5. The number of hydrogen-bond acceptors (Lipinski definition) is 6. The molecular weight excluding hydrogens is 380 g/mol. The minimum Gasteiger partial charge on any atom is -0.376 e. The lowest BCUT2D eigenvalue weighted by atomic mass is 10.1. The highest BCUT2D eigenvalue weighted by atomic mass is 16.5. The van der Waals surface area contributed by atoms with Gasteiger partial charge in [-0.05, 0) is 57.0 Å². The Balaban J connectivity index is 1.55. The van der Waals surface area contributed by atoms with E-state index in [1.54, 1.807) is 12.3 Å². The van der Waals surface area contributed by atoms with Gasteiger partial charge in [0, 0.05) is 23.3 Å². The molecule has 0 unspecified atom stereocenters. The van der Waals surface area contributed by atoms with E-state index in [0.717, 1.165) is 47.4 Å². The Kier molecular flexibility index (Phi) is 4.63. The Morgan fingerprint density at radius 1 is 1.23 bits per heavy atom. The second-order valence-corrected chi connectivity index (χ2v) is 7.65. The monoisotopic (exact) mass is 402 g/mol. The van der Waals surface area contributed by atoms with Crippen LogP contribution < -0.4 is 5.32 Å². The van der Waals surface area contributed by atoms with Crippen LogP contribution in [0, 0.1) is 13.8 Å². The van der Waals surface area contributed by atoms with Gasteiger partial charge in [0.05, 0.1) is 35.6 Å². The van der Waals surface area contributed by atoms with Gasteiger partial charge in [-0.25, -0.2) is 4.98 Å². The second kappa shape index (κ2) is 7.46. The molecule has 1 aliphatic heterocycles. The maximum absolute atomic E-state index is 12.8. The molecule has 0 aliphatic carbocycles. The first-order valence-electron chi connectivity index (χ1n) is 10.1. The molecule has 8 heteroatoms. The van der Waals surface area contributed by atoms with E-state index in [9.17, 15) is 4.79 Å². The number of carbonyl (C=O) groups is 1. The van der Waals surface area contributed by atoms with Crippen molar-refractivity contribution < 1.29 is 9.53 Å². The molecule has 1 aromatic carbocycles. The molecule has 1 atom stereocenters. The highest BCUT2D eigenvalue weighted by Gasteiger charge is 2.21. The van der Waals surface area contributed by atoms with E-state index in [1.807, 2.05) is 38.1 Å². The van der Waals surface area contributed by atoms with E-state index in [-0.39, 0.29) is 12.0 Å². The van der Waals surface area contributed by atoms with Gasteiger partial charge >= 0.3 is 0 Å². The number of pyridine rings is 1. The number of rotatable bonds is 4. The molecule has 8 nitrogen and oxygen atoms in total. The first kappa shape index (κ1) is 18.6. The number of nitrogens with one attached hydrogen (secondary N) is 1. The molecule has 0 bridgehead atoms. The Morgan fingerprint density at radius 3 is 2.90 bits per heavy atom. The average Bonchev–Trinajstić information content (AvgIpc) is 3.37. The fourth-order valence-electron chi connectivity index (χ4n) is 3.90. The maximum Gasteiger partial charge on any atom is 0.255 e. The lowest BCUT2D eigenvalue weighted by molar-refractivity contribution is 0.0974. The fraction of sp³-hybridized carbons (Fsp3) is 0.318. The van der Waals surface area contributed by atoms with Crippen molar-refractivity contribution in [2.45, 2.75) is 39.3 Å². The largest absolute Gasteiger partial charge is 0.376 e. The molecule has 1 N–H and O–H groups in total. The average molecular weight is 402 g/mol. The number of amides is 1. The summed E-state index contributed by atoms with van der Waals surface area (Å²) in [6, 6.07) is 9.14. The van der Waals surface area contributed by atoms with Crippen LogP contribution in [-0.2, 0) is 11.3 Å². The van der Waals surface area contributed by atoms with Gasteiger partial charge in [-0.2, -0.15) is 0 Å². The van der Waals surface area contributed by atoms with Crippen LogP contribution in [0.1, 0.15) is 34.7 Å². The van der Waals surface area contributed by atoms with Gasteiger partial charge in [0.25, 0.3) is 5.91 Å². The van der Waals surface area contributed by atoms with Gasteiger partial charge in [-0.15, -0.1) is 10.2 Å². The number of fused-ring (bicyclic) bond motifs is 3. The molecule has 4 aromatic rings. The predicted molar refractivity (Wildman–Crippen MR) is 113 cm³/mol. The highest BCUT2D eigenvalue weighted by molar-refractivity contribution is 6.09. The SMILES string of the molecule is Cc1ccc(NC(=O)c2ccc3nnc4nc(C)n(C[C@H]5CCCO5)c4c3c2)cn1. The molecule has 0 saturated carbocycles. The topological polar surface area (TPSA) is 94.8 Å². The van der Waals surface area contributed by atoms with E-state index in [1.165, 1.54) is 0 Å². The van der Waals surface area contributed by atoms with E-state index < -0.39 is 0 Å². The molecule has 0 spiro atoms. The Morgan fingerprint density at radius 2 is 2.13 bits per heavy atom. The van der Waals surface area contributed by atoms with Crippen molar-refractivity contribution in [3.63, 3.8) is 0 Å². The molecule has 152 valence electrons. The van der Waals surface area contributed by atoms with Crippen molar-refractivity contribution in [2.24, 2.45) is 0 Å². The molecule has 1 fully saturated rings. The molecule has 0 radical (unpaired) electrons. The molecular formula is C22H22N6O2. The molecule has 3 aromatic heterocycles. The number of ether oxygens (including phenoxy) is 1. The lowest BCUT2D eigenvalue weighted by Crippen LogP contribution is -2.16. The van der Waals surface area contributed by atoms with E-state index in [0.29, 0.717) is 23.4 Å². The number of anilines is 1. The number of imidazole rings is 1. The number of aryl methyl sites for hydroxylation is 2. The zero-order chi connectivity index (χ0) is 20.7. The van der Waals surface area contributed by atoms with Crippen LogP contribution in [0.2, 0.25) is 0 Å². The maximum atomic E-state index is 12.8. The summed E-state index contributed by atoms with van der Waals surface area (Å²) >= 11 is 0. The van der Waals surface area contributed by atoms with Crippen molar-refractivity contribution in [3.05, 3.63) is 53.6 Å². The van der Waals surface area contributed by atoms with Gasteiger partial charge in [-0.3, -0.25) is 9.78 Å². The number of carbonyl (C=O) groups excluding carboxylic acids is 1. The van der Waals surface area contributed by atoms with Gasteiger partial charge in [0.2, 0.25) is 5.65 Å². The van der Waals surface area contributed by atoms with E-state index in [4.69, 9.17) is 4.74 Å². The Labute approximate surface area is 173 Å². The zero-order valence-corrected chi connectivity index (χ0v) is 16.9. The zero-order valence-electron chi connectivity index (χ0n) is 16.9. The minimum absolute atomic E-state index is 0.171. The molecule has 1 amide bonds. The second-order valence-electron chi connectivity index (χ2n) is 7.65. The van der Waals surface area contributed by atoms with Crippen molar-refractivity contribution in [3.8, 4) is 0 Å². The summed E-state index contributed by atoms with van der Waals surface area (Å²) < 4.78 is 7.96. The van der Waals surface area contributed by atoms with E-state index in [2.05, 4.69) is 30.0 Å². The van der Waals surface area contributed by atoms with Crippen LogP contribution in [-0.4, -0.2) is 43.4 Å². The summed E-state index contributed by atoms with van der Waals surface area (Å²) in [5, 5.41) is 12.3. The molecule has 4 heterocycles. The van der Waals surface area contributed by atoms with Crippen LogP contribution in [0.25, 0.3) is 22.1 Å². The first-order valence-corrected chi connectivity index (χ1v) is 10.1. The van der Waals surface area contributed by atoms with Crippen molar-refractivity contribution >= 4 is 33.7 Å². The standard InChI is InChI=1S/C22H22N6O2/c1-13-5-7-16(11-23-13)25-22(29)15-6-8-19-18(10-15)20-21(27-26-19)24-14(2)28(20)12-17-4-3-9-30-17/h5-8,10-11,17H,3-4,9,12H2,1-2H3,(H,25,29)/t17-/m1/s1. The van der Waals surface area contributed by atoms with Crippen LogP contribution >= 0.6 is 0 Å². The van der Waals surface area contributed by atoms with Crippen LogP contribution in [0.3, 0.4) is 0 Å². The predicted octanol–water partition coefficient (Wildman–Crippen LogP) is 3.42. The normalized spacial score (nSPS) is 16.4. The summed E-state index contributed by atoms with van der Waals surface area (Å²) in [6.45, 7) is 5.38. The minimum atomic E-state index is -0.200. The third kappa shape index (κ3) is 3.39. The summed E-state index contributed by atoms with van der Waals surface area (Å²) in [4.78, 5) is 21.6. The van der Waals surface area contributed by atoms with Crippen LogP contribution in [0.5, 0.6) is 0 Å². The van der Waals surface area contributed by atoms with Gasteiger partial charge < -0.3 is 14.6 Å². The van der Waals surface area contributed by atoms with Crippen molar-refractivity contribution in [1.82, 2.24) is 24.7 Å².